The van der Waals surface area contributed by atoms with Crippen molar-refractivity contribution in [2.24, 2.45) is 5.16 Å². The van der Waals surface area contributed by atoms with Crippen molar-refractivity contribution < 1.29 is 24.3 Å². The zero-order valence-corrected chi connectivity index (χ0v) is 25.3. The van der Waals surface area contributed by atoms with E-state index in [0.29, 0.717) is 23.2 Å². The summed E-state index contributed by atoms with van der Waals surface area (Å²) in [5.41, 5.74) is 3.97. The largest absolute Gasteiger partial charge is 0.458 e. The van der Waals surface area contributed by atoms with Gasteiger partial charge in [0.05, 0.1) is 5.56 Å². The highest BCUT2D eigenvalue weighted by molar-refractivity contribution is 6.48. The van der Waals surface area contributed by atoms with Crippen LogP contribution >= 0.6 is 0 Å². The van der Waals surface area contributed by atoms with E-state index in [4.69, 9.17) is 9.57 Å². The molecule has 0 heterocycles. The molecule has 7 nitrogen and oxygen atoms in total. The fourth-order valence-electron chi connectivity index (χ4n) is 5.15. The Balaban J connectivity index is 1.86. The maximum atomic E-state index is 13.6. The molecule has 1 aliphatic carbocycles. The van der Waals surface area contributed by atoms with E-state index >= 15 is 0 Å². The number of rotatable bonds is 14. The van der Waals surface area contributed by atoms with Crippen molar-refractivity contribution in [2.75, 3.05) is 11.9 Å². The van der Waals surface area contributed by atoms with Crippen LogP contribution in [0.1, 0.15) is 113 Å². The third-order valence-corrected chi connectivity index (χ3v) is 7.87. The number of aliphatic hydroxyl groups is 1. The average molecular weight is 563 g/mol. The molecule has 0 aliphatic heterocycles. The van der Waals surface area contributed by atoms with Gasteiger partial charge in [-0.1, -0.05) is 90.2 Å². The second kappa shape index (κ2) is 14.4. The molecule has 2 aromatic rings. The number of ether oxygens (including phenoxy) is 1. The van der Waals surface area contributed by atoms with Gasteiger partial charge in [-0.25, -0.2) is 4.79 Å². The second-order valence-electron chi connectivity index (χ2n) is 12.1. The van der Waals surface area contributed by atoms with E-state index in [0.717, 1.165) is 38.5 Å². The fourth-order valence-corrected chi connectivity index (χ4v) is 5.15. The summed E-state index contributed by atoms with van der Waals surface area (Å²) in [6.45, 7) is 14.8. The number of hydrogen-bond acceptors (Lipinski definition) is 6. The molecule has 2 aromatic carbocycles. The lowest BCUT2D eigenvalue weighted by atomic mass is 9.63. The van der Waals surface area contributed by atoms with Gasteiger partial charge in [0.15, 0.2) is 5.71 Å². The third kappa shape index (κ3) is 8.77. The monoisotopic (exact) mass is 562 g/mol. The minimum Gasteiger partial charge on any atom is -0.458 e. The van der Waals surface area contributed by atoms with Crippen LogP contribution in [0, 0.1) is 0 Å². The van der Waals surface area contributed by atoms with Crippen LogP contribution in [0.3, 0.4) is 0 Å². The smallest absolute Gasteiger partial charge is 0.338 e. The van der Waals surface area contributed by atoms with Gasteiger partial charge in [-0.2, -0.15) is 0 Å². The SMILES string of the molecule is C=CCOC(=O)c1ccc(NC(=O)/C(=N\OC(O)CCCCCCC)c2ccc3c(c2)C(C)(C)CCC3(C)C)cc1. The van der Waals surface area contributed by atoms with Gasteiger partial charge < -0.3 is 20.0 Å². The molecule has 0 bridgehead atoms. The summed E-state index contributed by atoms with van der Waals surface area (Å²) in [6.07, 6.45) is 8.22. The Kier molecular flexibility index (Phi) is 11.3. The number of fused-ring (bicyclic) bond motifs is 1. The average Bonchev–Trinajstić information content (AvgIpc) is 2.94. The molecular formula is C34H46N2O5. The number of nitrogens with zero attached hydrogens (tertiary/aromatic N) is 1. The maximum Gasteiger partial charge on any atom is 0.338 e. The normalized spacial score (nSPS) is 16.3. The minimum atomic E-state index is -1.10. The molecule has 1 amide bonds. The first-order valence-electron chi connectivity index (χ1n) is 14.7. The molecule has 1 unspecified atom stereocenters. The topological polar surface area (TPSA) is 97.2 Å². The number of unbranched alkanes of at least 4 members (excludes halogenated alkanes) is 4. The number of oxime groups is 1. The number of aliphatic hydroxyl groups excluding tert-OH is 1. The minimum absolute atomic E-state index is 0.0297. The molecule has 1 atom stereocenters. The highest BCUT2D eigenvalue weighted by Crippen LogP contribution is 2.46. The van der Waals surface area contributed by atoms with Crippen LogP contribution in [-0.2, 0) is 25.2 Å². The summed E-state index contributed by atoms with van der Waals surface area (Å²) in [7, 11) is 0. The lowest BCUT2D eigenvalue weighted by Gasteiger charge is -2.42. The number of benzene rings is 2. The van der Waals surface area contributed by atoms with Crippen LogP contribution < -0.4 is 5.32 Å². The first-order valence-corrected chi connectivity index (χ1v) is 14.7. The molecule has 0 radical (unpaired) electrons. The molecule has 222 valence electrons. The molecule has 0 aromatic heterocycles. The quantitative estimate of drug-likeness (QED) is 0.0624. The number of esters is 1. The van der Waals surface area contributed by atoms with Crippen molar-refractivity contribution in [3.05, 3.63) is 77.4 Å². The molecule has 0 saturated heterocycles. The van der Waals surface area contributed by atoms with E-state index < -0.39 is 18.2 Å². The second-order valence-corrected chi connectivity index (χ2v) is 12.1. The number of carbonyl (C=O) groups is 2. The Morgan fingerprint density at radius 2 is 1.61 bits per heavy atom. The van der Waals surface area contributed by atoms with Crippen molar-refractivity contribution >= 4 is 23.3 Å². The van der Waals surface area contributed by atoms with Gasteiger partial charge in [0.25, 0.3) is 5.91 Å². The summed E-state index contributed by atoms with van der Waals surface area (Å²) in [5.74, 6) is -0.948. The molecule has 0 saturated carbocycles. The van der Waals surface area contributed by atoms with Crippen molar-refractivity contribution in [3.63, 3.8) is 0 Å². The van der Waals surface area contributed by atoms with Gasteiger partial charge in [0, 0.05) is 17.7 Å². The first kappa shape index (κ1) is 32.1. The summed E-state index contributed by atoms with van der Waals surface area (Å²) in [5, 5.41) is 17.5. The number of anilines is 1. The molecule has 41 heavy (non-hydrogen) atoms. The van der Waals surface area contributed by atoms with E-state index in [1.54, 1.807) is 24.3 Å². The lowest BCUT2D eigenvalue weighted by Crippen LogP contribution is -2.34. The molecule has 0 spiro atoms. The van der Waals surface area contributed by atoms with Gasteiger partial charge in [-0.3, -0.25) is 4.79 Å². The summed E-state index contributed by atoms with van der Waals surface area (Å²) in [6, 6.07) is 12.4. The van der Waals surface area contributed by atoms with Gasteiger partial charge in [0.2, 0.25) is 6.29 Å². The molecule has 1 aliphatic rings. The Hall–Kier alpha value is -3.45. The Bertz CT molecular complexity index is 1230. The van der Waals surface area contributed by atoms with Crippen molar-refractivity contribution in [1.29, 1.82) is 0 Å². The summed E-state index contributed by atoms with van der Waals surface area (Å²) >= 11 is 0. The van der Waals surface area contributed by atoms with Gasteiger partial charge in [-0.05, 0) is 71.6 Å². The molecular weight excluding hydrogens is 516 g/mol. The van der Waals surface area contributed by atoms with E-state index in [-0.39, 0.29) is 23.1 Å². The van der Waals surface area contributed by atoms with E-state index in [2.05, 4.69) is 57.7 Å². The zero-order chi connectivity index (χ0) is 30.0. The standard InChI is InChI=1S/C34H46N2O5/c1-7-9-10-11-12-13-29(37)41-36-30(25-16-19-27-28(23-25)34(5,6)21-20-33(27,3)4)31(38)35-26-17-14-24(15-18-26)32(39)40-22-8-2/h8,14-19,23,29,37H,2,7,9-13,20-22H2,1,3-6H3,(H,35,38)/b36-30-. The number of hydrogen-bond donors (Lipinski definition) is 2. The zero-order valence-electron chi connectivity index (χ0n) is 25.3. The van der Waals surface area contributed by atoms with E-state index in [1.165, 1.54) is 23.6 Å². The van der Waals surface area contributed by atoms with Crippen LogP contribution in [0.5, 0.6) is 0 Å². The van der Waals surface area contributed by atoms with E-state index in [9.17, 15) is 14.7 Å². The van der Waals surface area contributed by atoms with Crippen LogP contribution in [0.4, 0.5) is 5.69 Å². The predicted molar refractivity (Wildman–Crippen MR) is 164 cm³/mol. The van der Waals surface area contributed by atoms with Crippen LogP contribution in [0.25, 0.3) is 0 Å². The summed E-state index contributed by atoms with van der Waals surface area (Å²) < 4.78 is 5.07. The first-order chi connectivity index (χ1) is 19.5. The third-order valence-electron chi connectivity index (χ3n) is 7.87. The van der Waals surface area contributed by atoms with Crippen LogP contribution in [0.15, 0.2) is 60.3 Å². The molecule has 3 rings (SSSR count). The summed E-state index contributed by atoms with van der Waals surface area (Å²) in [4.78, 5) is 31.1. The van der Waals surface area contributed by atoms with Gasteiger partial charge in [-0.15, -0.1) is 0 Å². The Morgan fingerprint density at radius 1 is 0.976 bits per heavy atom. The van der Waals surface area contributed by atoms with Crippen LogP contribution in [-0.4, -0.2) is 35.6 Å². The molecule has 0 fully saturated rings. The maximum absolute atomic E-state index is 13.6. The lowest BCUT2D eigenvalue weighted by molar-refractivity contribution is -0.113. The van der Waals surface area contributed by atoms with Gasteiger partial charge in [0.1, 0.15) is 6.61 Å². The molecule has 7 heteroatoms. The van der Waals surface area contributed by atoms with Crippen molar-refractivity contribution in [3.8, 4) is 0 Å². The van der Waals surface area contributed by atoms with Crippen LogP contribution in [0.2, 0.25) is 0 Å². The van der Waals surface area contributed by atoms with Gasteiger partial charge >= 0.3 is 5.97 Å². The molecule has 2 N–H and O–H groups in total. The Morgan fingerprint density at radius 3 is 2.27 bits per heavy atom. The highest BCUT2D eigenvalue weighted by Gasteiger charge is 2.37. The number of amides is 1. The number of carbonyl (C=O) groups excluding carboxylic acids is 2. The highest BCUT2D eigenvalue weighted by atomic mass is 16.7. The van der Waals surface area contributed by atoms with Crippen molar-refractivity contribution in [1.82, 2.24) is 0 Å². The Labute approximate surface area is 245 Å². The fraction of sp³-hybridized carbons (Fsp3) is 0.500. The number of nitrogens with one attached hydrogen (secondary N) is 1. The van der Waals surface area contributed by atoms with E-state index in [1.807, 2.05) is 12.1 Å². The van der Waals surface area contributed by atoms with Crippen molar-refractivity contribution in [2.45, 2.75) is 103 Å². The predicted octanol–water partition coefficient (Wildman–Crippen LogP) is 7.42.